The lowest BCUT2D eigenvalue weighted by Gasteiger charge is -2.24. The van der Waals surface area contributed by atoms with Crippen LogP contribution >= 0.6 is 15.9 Å². The molecule has 3 rings (SSSR count). The summed E-state index contributed by atoms with van der Waals surface area (Å²) in [5.41, 5.74) is -0.591. The van der Waals surface area contributed by atoms with E-state index in [-0.39, 0.29) is 5.82 Å². The highest BCUT2D eigenvalue weighted by molar-refractivity contribution is 9.10. The molecule has 92 valence electrons. The van der Waals surface area contributed by atoms with Crippen LogP contribution in [0.5, 0.6) is 0 Å². The lowest BCUT2D eigenvalue weighted by Crippen LogP contribution is -2.32. The number of nitrogens with zero attached hydrogens (tertiary/aromatic N) is 1. The van der Waals surface area contributed by atoms with Gasteiger partial charge in [-0.05, 0) is 37.5 Å². The van der Waals surface area contributed by atoms with Gasteiger partial charge >= 0.3 is 0 Å². The van der Waals surface area contributed by atoms with Gasteiger partial charge in [0.15, 0.2) is 0 Å². The van der Waals surface area contributed by atoms with E-state index >= 15 is 0 Å². The summed E-state index contributed by atoms with van der Waals surface area (Å²) in [6.07, 6.45) is 3.06. The van der Waals surface area contributed by atoms with Gasteiger partial charge in [-0.2, -0.15) is 0 Å². The highest BCUT2D eigenvalue weighted by atomic mass is 79.9. The fraction of sp³-hybridized carbons (Fsp3) is 0.538. The van der Waals surface area contributed by atoms with Crippen molar-refractivity contribution in [3.63, 3.8) is 0 Å². The summed E-state index contributed by atoms with van der Waals surface area (Å²) < 4.78 is 14.6. The lowest BCUT2D eigenvalue weighted by atomic mass is 9.92. The third kappa shape index (κ3) is 2.14. The van der Waals surface area contributed by atoms with Crippen LogP contribution in [0.2, 0.25) is 0 Å². The summed E-state index contributed by atoms with van der Waals surface area (Å²) in [7, 11) is 0. The van der Waals surface area contributed by atoms with E-state index in [0.717, 1.165) is 11.0 Å². The summed E-state index contributed by atoms with van der Waals surface area (Å²) in [5, 5.41) is 10.6. The van der Waals surface area contributed by atoms with Crippen LogP contribution in [0.25, 0.3) is 0 Å². The Bertz CT molecular complexity index is 449. The van der Waals surface area contributed by atoms with Crippen molar-refractivity contribution >= 4 is 15.9 Å². The lowest BCUT2D eigenvalue weighted by molar-refractivity contribution is 0.0416. The second kappa shape index (κ2) is 4.04. The number of benzene rings is 1. The molecule has 17 heavy (non-hydrogen) atoms. The highest BCUT2D eigenvalue weighted by Crippen LogP contribution is 2.39. The zero-order valence-corrected chi connectivity index (χ0v) is 11.1. The van der Waals surface area contributed by atoms with Crippen molar-refractivity contribution in [3.05, 3.63) is 34.1 Å². The van der Waals surface area contributed by atoms with Crippen LogP contribution < -0.4 is 0 Å². The number of halogens is 2. The molecular formula is C13H15BrFNO. The number of rotatable bonds is 2. The zero-order chi connectivity index (χ0) is 12.0. The van der Waals surface area contributed by atoms with Crippen molar-refractivity contribution in [1.29, 1.82) is 0 Å². The Morgan fingerprint density at radius 2 is 2.18 bits per heavy atom. The fourth-order valence-electron chi connectivity index (χ4n) is 2.65. The maximum absolute atomic E-state index is 13.8. The molecule has 1 atom stereocenters. The summed E-state index contributed by atoms with van der Waals surface area (Å²) in [4.78, 5) is 2.28. The van der Waals surface area contributed by atoms with E-state index in [2.05, 4.69) is 20.8 Å². The molecule has 2 aliphatic rings. The van der Waals surface area contributed by atoms with E-state index in [1.54, 1.807) is 12.1 Å². The number of aliphatic hydroxyl groups is 1. The predicted octanol–water partition coefficient (Wildman–Crippen LogP) is 2.64. The smallest absolute Gasteiger partial charge is 0.129 e. The van der Waals surface area contributed by atoms with Crippen LogP contribution in [0.4, 0.5) is 4.39 Å². The first-order valence-corrected chi connectivity index (χ1v) is 6.80. The number of likely N-dealkylation sites (tertiary alicyclic amines) is 1. The third-order valence-corrected chi connectivity index (χ3v) is 4.26. The van der Waals surface area contributed by atoms with Crippen molar-refractivity contribution in [1.82, 2.24) is 4.90 Å². The minimum atomic E-state index is -1.02. The standard InChI is InChI=1S/C13H15BrFNO/c14-9-1-4-12(15)11(7-9)13(17)5-6-16(8-13)10-2-3-10/h1,4,7,10,17H,2-3,5-6,8H2. The minimum Gasteiger partial charge on any atom is -0.384 e. The monoisotopic (exact) mass is 299 g/mol. The molecule has 1 N–H and O–H groups in total. The van der Waals surface area contributed by atoms with Crippen molar-refractivity contribution in [2.45, 2.75) is 30.9 Å². The van der Waals surface area contributed by atoms with E-state index < -0.39 is 5.60 Å². The number of hydrogen-bond donors (Lipinski definition) is 1. The highest BCUT2D eigenvalue weighted by Gasteiger charge is 2.44. The molecule has 1 aromatic carbocycles. The number of β-amino-alcohol motifs (C(OH)–C–C–N with tert-alkyl or cyclic N) is 1. The van der Waals surface area contributed by atoms with E-state index in [0.29, 0.717) is 24.6 Å². The van der Waals surface area contributed by atoms with Gasteiger partial charge in [0, 0.05) is 29.2 Å². The van der Waals surface area contributed by atoms with Crippen molar-refractivity contribution in [2.24, 2.45) is 0 Å². The van der Waals surface area contributed by atoms with Gasteiger partial charge in [-0.1, -0.05) is 15.9 Å². The third-order valence-electron chi connectivity index (χ3n) is 3.77. The Kier molecular flexibility index (Phi) is 2.76. The Balaban J connectivity index is 1.89. The summed E-state index contributed by atoms with van der Waals surface area (Å²) >= 11 is 3.33. The van der Waals surface area contributed by atoms with Gasteiger partial charge in [-0.15, -0.1) is 0 Å². The van der Waals surface area contributed by atoms with Gasteiger partial charge in [-0.25, -0.2) is 4.39 Å². The second-order valence-corrected chi connectivity index (χ2v) is 6.02. The van der Waals surface area contributed by atoms with Crippen molar-refractivity contribution in [3.8, 4) is 0 Å². The summed E-state index contributed by atoms with van der Waals surface area (Å²) in [6, 6.07) is 5.40. The molecule has 2 nitrogen and oxygen atoms in total. The topological polar surface area (TPSA) is 23.5 Å². The van der Waals surface area contributed by atoms with Gasteiger partial charge in [0.2, 0.25) is 0 Å². The van der Waals surface area contributed by atoms with Gasteiger partial charge in [0.1, 0.15) is 11.4 Å². The molecule has 1 aliphatic heterocycles. The van der Waals surface area contributed by atoms with E-state index in [1.165, 1.54) is 18.9 Å². The molecule has 2 fully saturated rings. The second-order valence-electron chi connectivity index (χ2n) is 5.11. The van der Waals surface area contributed by atoms with Crippen LogP contribution in [0.15, 0.2) is 22.7 Å². The predicted molar refractivity (Wildman–Crippen MR) is 67.2 cm³/mol. The molecule has 1 aromatic rings. The maximum atomic E-state index is 13.8. The first-order chi connectivity index (χ1) is 8.08. The molecule has 0 bridgehead atoms. The molecule has 0 spiro atoms. The van der Waals surface area contributed by atoms with Crippen molar-refractivity contribution in [2.75, 3.05) is 13.1 Å². The van der Waals surface area contributed by atoms with Gasteiger partial charge < -0.3 is 5.11 Å². The average Bonchev–Trinajstić information content (AvgIpc) is 3.06. The van der Waals surface area contributed by atoms with Crippen LogP contribution in [-0.4, -0.2) is 29.1 Å². The molecule has 0 aromatic heterocycles. The minimum absolute atomic E-state index is 0.312. The largest absolute Gasteiger partial charge is 0.384 e. The van der Waals surface area contributed by atoms with E-state index in [4.69, 9.17) is 0 Å². The summed E-state index contributed by atoms with van der Waals surface area (Å²) in [6.45, 7) is 1.43. The molecule has 1 saturated heterocycles. The molecule has 1 saturated carbocycles. The van der Waals surface area contributed by atoms with E-state index in [1.807, 2.05) is 0 Å². The Morgan fingerprint density at radius 3 is 2.88 bits per heavy atom. The summed E-state index contributed by atoms with van der Waals surface area (Å²) in [5.74, 6) is -0.312. The molecule has 1 heterocycles. The van der Waals surface area contributed by atoms with Gasteiger partial charge in [0.05, 0.1) is 0 Å². The van der Waals surface area contributed by atoms with Crippen LogP contribution in [-0.2, 0) is 5.60 Å². The molecular weight excluding hydrogens is 285 g/mol. The molecule has 4 heteroatoms. The quantitative estimate of drug-likeness (QED) is 0.907. The van der Waals surface area contributed by atoms with Crippen molar-refractivity contribution < 1.29 is 9.50 Å². The molecule has 0 radical (unpaired) electrons. The Hall–Kier alpha value is -0.450. The SMILES string of the molecule is OC1(c2cc(Br)ccc2F)CCN(C2CC2)C1. The average molecular weight is 300 g/mol. The van der Waals surface area contributed by atoms with Gasteiger partial charge in [-0.3, -0.25) is 4.90 Å². The first kappa shape index (κ1) is 11.6. The Morgan fingerprint density at radius 1 is 1.41 bits per heavy atom. The molecule has 0 amide bonds. The number of hydrogen-bond acceptors (Lipinski definition) is 2. The Labute approximate surface area is 109 Å². The van der Waals surface area contributed by atoms with Crippen LogP contribution in [0.3, 0.4) is 0 Å². The molecule has 1 aliphatic carbocycles. The maximum Gasteiger partial charge on any atom is 0.129 e. The van der Waals surface area contributed by atoms with Crippen LogP contribution in [0, 0.1) is 5.82 Å². The molecule has 1 unspecified atom stereocenters. The first-order valence-electron chi connectivity index (χ1n) is 6.00. The zero-order valence-electron chi connectivity index (χ0n) is 9.50. The van der Waals surface area contributed by atoms with Gasteiger partial charge in [0.25, 0.3) is 0 Å². The fourth-order valence-corrected chi connectivity index (χ4v) is 3.01. The van der Waals surface area contributed by atoms with E-state index in [9.17, 15) is 9.50 Å². The van der Waals surface area contributed by atoms with Crippen LogP contribution in [0.1, 0.15) is 24.8 Å². The normalized spacial score (nSPS) is 29.8.